The van der Waals surface area contributed by atoms with Gasteiger partial charge in [0, 0.05) is 11.6 Å². The zero-order chi connectivity index (χ0) is 20.5. The van der Waals surface area contributed by atoms with E-state index >= 15 is 0 Å². The molecule has 0 spiro atoms. The summed E-state index contributed by atoms with van der Waals surface area (Å²) in [5.41, 5.74) is 0.770. The number of ether oxygens (including phenoxy) is 1. The summed E-state index contributed by atoms with van der Waals surface area (Å²) in [4.78, 5) is 23.4. The van der Waals surface area contributed by atoms with Crippen LogP contribution in [-0.2, 0) is 20.9 Å². The third-order valence-electron chi connectivity index (χ3n) is 4.81. The molecule has 0 radical (unpaired) electrons. The summed E-state index contributed by atoms with van der Waals surface area (Å²) < 4.78 is 5.03. The molecule has 4 nitrogen and oxygen atoms in total. The molecule has 5 heteroatoms. The molecule has 0 bridgehead atoms. The number of rotatable bonds is 15. The van der Waals surface area contributed by atoms with Gasteiger partial charge in [-0.15, -0.1) is 0 Å². The van der Waals surface area contributed by atoms with Crippen LogP contribution in [0.3, 0.4) is 0 Å². The fourth-order valence-corrected chi connectivity index (χ4v) is 3.27. The van der Waals surface area contributed by atoms with Crippen LogP contribution in [0.2, 0.25) is 5.02 Å². The molecule has 0 aliphatic rings. The van der Waals surface area contributed by atoms with Gasteiger partial charge in [0.15, 0.2) is 0 Å². The summed E-state index contributed by atoms with van der Waals surface area (Å²) in [7, 11) is 0. The van der Waals surface area contributed by atoms with E-state index < -0.39 is 11.9 Å². The van der Waals surface area contributed by atoms with Crippen molar-refractivity contribution in [3.05, 3.63) is 34.9 Å². The van der Waals surface area contributed by atoms with Gasteiger partial charge in [-0.3, -0.25) is 4.79 Å². The van der Waals surface area contributed by atoms with Crippen LogP contribution < -0.4 is 5.32 Å². The maximum atomic E-state index is 11.7. The second kappa shape index (κ2) is 16.4. The highest BCUT2D eigenvalue weighted by molar-refractivity contribution is 6.33. The Bertz CT molecular complexity index is 563. The van der Waals surface area contributed by atoms with Gasteiger partial charge in [0.1, 0.15) is 0 Å². The minimum Gasteiger partial charge on any atom is -0.459 e. The lowest BCUT2D eigenvalue weighted by atomic mass is 10.1. The first kappa shape index (κ1) is 24.5. The van der Waals surface area contributed by atoms with E-state index in [4.69, 9.17) is 16.3 Å². The smallest absolute Gasteiger partial charge is 0.396 e. The molecule has 0 aromatic heterocycles. The monoisotopic (exact) mass is 409 g/mol. The number of hydrogen-bond acceptors (Lipinski definition) is 3. The third kappa shape index (κ3) is 12.0. The molecule has 0 aliphatic carbocycles. The van der Waals surface area contributed by atoms with E-state index in [0.29, 0.717) is 11.6 Å². The van der Waals surface area contributed by atoms with Gasteiger partial charge in [0.05, 0.1) is 6.61 Å². The largest absolute Gasteiger partial charge is 0.459 e. The Morgan fingerprint density at radius 2 is 1.39 bits per heavy atom. The van der Waals surface area contributed by atoms with Crippen LogP contribution in [0.15, 0.2) is 24.3 Å². The number of esters is 1. The Hall–Kier alpha value is -1.55. The molecule has 158 valence electrons. The molecule has 1 amide bonds. The van der Waals surface area contributed by atoms with Crippen LogP contribution in [0.4, 0.5) is 0 Å². The number of carbonyl (C=O) groups is 2. The van der Waals surface area contributed by atoms with Gasteiger partial charge in [0.2, 0.25) is 0 Å². The van der Waals surface area contributed by atoms with E-state index in [-0.39, 0.29) is 6.54 Å². The molecule has 0 atom stereocenters. The van der Waals surface area contributed by atoms with E-state index in [1.165, 1.54) is 57.8 Å². The summed E-state index contributed by atoms with van der Waals surface area (Å²) in [6.45, 7) is 2.76. The van der Waals surface area contributed by atoms with E-state index in [1.807, 2.05) is 12.1 Å². The van der Waals surface area contributed by atoms with Crippen molar-refractivity contribution in [2.75, 3.05) is 6.61 Å². The summed E-state index contributed by atoms with van der Waals surface area (Å²) in [5, 5.41) is 3.10. The van der Waals surface area contributed by atoms with Crippen molar-refractivity contribution < 1.29 is 14.3 Å². The Balaban J connectivity index is 1.93. The molecule has 1 aromatic carbocycles. The topological polar surface area (TPSA) is 55.4 Å². The maximum Gasteiger partial charge on any atom is 0.396 e. The fourth-order valence-electron chi connectivity index (χ4n) is 3.06. The number of nitrogens with one attached hydrogen (secondary N) is 1. The predicted molar refractivity (Wildman–Crippen MR) is 115 cm³/mol. The molecule has 1 rings (SSSR count). The normalized spacial score (nSPS) is 10.6. The quantitative estimate of drug-likeness (QED) is 0.213. The molecular weight excluding hydrogens is 374 g/mol. The minimum atomic E-state index is -0.824. The van der Waals surface area contributed by atoms with Gasteiger partial charge in [-0.1, -0.05) is 107 Å². The average molecular weight is 410 g/mol. The first-order valence-electron chi connectivity index (χ1n) is 10.8. The highest BCUT2D eigenvalue weighted by Gasteiger charge is 2.14. The second-order valence-electron chi connectivity index (χ2n) is 7.30. The molecule has 0 saturated heterocycles. The second-order valence-corrected chi connectivity index (χ2v) is 7.71. The average Bonchev–Trinajstić information content (AvgIpc) is 2.70. The van der Waals surface area contributed by atoms with Crippen molar-refractivity contribution in [1.82, 2.24) is 5.32 Å². The summed E-state index contributed by atoms with van der Waals surface area (Å²) in [6, 6.07) is 7.20. The molecule has 0 fully saturated rings. The molecule has 1 N–H and O–H groups in total. The lowest BCUT2D eigenvalue weighted by molar-refractivity contribution is -0.155. The van der Waals surface area contributed by atoms with Crippen molar-refractivity contribution in [3.63, 3.8) is 0 Å². The molecule has 0 aliphatic heterocycles. The lowest BCUT2D eigenvalue weighted by Gasteiger charge is -2.07. The van der Waals surface area contributed by atoms with Gasteiger partial charge >= 0.3 is 11.9 Å². The summed E-state index contributed by atoms with van der Waals surface area (Å²) in [5.74, 6) is -1.55. The Labute approximate surface area is 175 Å². The summed E-state index contributed by atoms with van der Waals surface area (Å²) in [6.07, 6.45) is 15.0. The highest BCUT2D eigenvalue weighted by Crippen LogP contribution is 2.14. The van der Waals surface area contributed by atoms with Crippen LogP contribution >= 0.6 is 11.6 Å². The fraction of sp³-hybridized carbons (Fsp3) is 0.652. The Kier molecular flexibility index (Phi) is 14.4. The van der Waals surface area contributed by atoms with Crippen LogP contribution in [0.5, 0.6) is 0 Å². The van der Waals surface area contributed by atoms with Gasteiger partial charge < -0.3 is 10.1 Å². The molecule has 0 unspecified atom stereocenters. The van der Waals surface area contributed by atoms with E-state index in [0.717, 1.165) is 24.8 Å². The zero-order valence-corrected chi connectivity index (χ0v) is 18.1. The SMILES string of the molecule is CCCCCCCCCCCCCCOC(=O)C(=O)NCc1ccccc1Cl. The molecule has 0 saturated carbocycles. The van der Waals surface area contributed by atoms with Crippen LogP contribution in [0.1, 0.15) is 89.5 Å². The number of benzene rings is 1. The van der Waals surface area contributed by atoms with Gasteiger partial charge in [-0.2, -0.15) is 0 Å². The molecule has 0 heterocycles. The van der Waals surface area contributed by atoms with Gasteiger partial charge in [-0.25, -0.2) is 4.79 Å². The molecule has 1 aromatic rings. The van der Waals surface area contributed by atoms with Crippen molar-refractivity contribution in [3.8, 4) is 0 Å². The first-order valence-corrected chi connectivity index (χ1v) is 11.2. The van der Waals surface area contributed by atoms with Crippen molar-refractivity contribution in [2.45, 2.75) is 90.5 Å². The van der Waals surface area contributed by atoms with E-state index in [1.54, 1.807) is 12.1 Å². The standard InChI is InChI=1S/C23H36ClNO3/c1-2-3-4-5-6-7-8-9-10-11-12-15-18-28-23(27)22(26)25-19-20-16-13-14-17-21(20)24/h13-14,16-17H,2-12,15,18-19H2,1H3,(H,25,26). The van der Waals surface area contributed by atoms with E-state index in [2.05, 4.69) is 12.2 Å². The first-order chi connectivity index (χ1) is 13.6. The Morgan fingerprint density at radius 3 is 1.96 bits per heavy atom. The van der Waals surface area contributed by atoms with Crippen LogP contribution in [-0.4, -0.2) is 18.5 Å². The van der Waals surface area contributed by atoms with Gasteiger partial charge in [-0.05, 0) is 18.1 Å². The highest BCUT2D eigenvalue weighted by atomic mass is 35.5. The van der Waals surface area contributed by atoms with Crippen molar-refractivity contribution >= 4 is 23.5 Å². The lowest BCUT2D eigenvalue weighted by Crippen LogP contribution is -2.32. The van der Waals surface area contributed by atoms with Crippen molar-refractivity contribution in [1.29, 1.82) is 0 Å². The molecular formula is C23H36ClNO3. The van der Waals surface area contributed by atoms with E-state index in [9.17, 15) is 9.59 Å². The number of hydrogen-bond donors (Lipinski definition) is 1. The number of halogens is 1. The number of carbonyl (C=O) groups excluding carboxylic acids is 2. The van der Waals surface area contributed by atoms with Crippen LogP contribution in [0.25, 0.3) is 0 Å². The molecule has 28 heavy (non-hydrogen) atoms. The minimum absolute atomic E-state index is 0.214. The number of amides is 1. The Morgan fingerprint density at radius 1 is 0.857 bits per heavy atom. The third-order valence-corrected chi connectivity index (χ3v) is 5.18. The summed E-state index contributed by atoms with van der Waals surface area (Å²) >= 11 is 6.02. The van der Waals surface area contributed by atoms with Gasteiger partial charge in [0.25, 0.3) is 0 Å². The van der Waals surface area contributed by atoms with Crippen LogP contribution in [0, 0.1) is 0 Å². The maximum absolute atomic E-state index is 11.7. The zero-order valence-electron chi connectivity index (χ0n) is 17.3. The predicted octanol–water partition coefficient (Wildman–Crippen LogP) is 6.20. The number of unbranched alkanes of at least 4 members (excludes halogenated alkanes) is 11. The van der Waals surface area contributed by atoms with Crippen molar-refractivity contribution in [2.24, 2.45) is 0 Å².